The average Bonchev–Trinajstić information content (AvgIpc) is 3.36. The van der Waals surface area contributed by atoms with E-state index in [9.17, 15) is 9.90 Å². The molecule has 2 unspecified atom stereocenters. The number of hydrogen-bond acceptors (Lipinski definition) is 4. The van der Waals surface area contributed by atoms with E-state index in [4.69, 9.17) is 0 Å². The molecule has 3 aliphatic rings. The molecule has 1 heterocycles. The first-order chi connectivity index (χ1) is 11.5. The molecule has 2 atom stereocenters. The third kappa shape index (κ3) is 4.58. The summed E-state index contributed by atoms with van der Waals surface area (Å²) in [5.74, 6) is 0.293. The standard InChI is InChI=1S/C19H33N3O2/c1-15-12-20(10-11-21(15)13-16(2)23)14-19(24)22(18-8-9-18)17-6-4-3-5-7-17/h6,15-16,18,23H,3-5,7-14H2,1-2H3. The minimum Gasteiger partial charge on any atom is -0.392 e. The van der Waals surface area contributed by atoms with E-state index in [2.05, 4.69) is 27.7 Å². The lowest BCUT2D eigenvalue weighted by atomic mass is 10.0. The van der Waals surface area contributed by atoms with Gasteiger partial charge in [0.25, 0.3) is 0 Å². The van der Waals surface area contributed by atoms with Gasteiger partial charge in [-0.1, -0.05) is 6.08 Å². The molecular formula is C19H33N3O2. The van der Waals surface area contributed by atoms with Crippen LogP contribution in [0.25, 0.3) is 0 Å². The van der Waals surface area contributed by atoms with Gasteiger partial charge in [-0.15, -0.1) is 0 Å². The van der Waals surface area contributed by atoms with E-state index >= 15 is 0 Å². The van der Waals surface area contributed by atoms with Crippen molar-refractivity contribution in [2.45, 2.75) is 70.6 Å². The minimum absolute atomic E-state index is 0.288. The molecule has 1 saturated carbocycles. The molecular weight excluding hydrogens is 302 g/mol. The molecule has 2 fully saturated rings. The molecule has 24 heavy (non-hydrogen) atoms. The fourth-order valence-corrected chi connectivity index (χ4v) is 4.06. The normalized spacial score (nSPS) is 27.6. The van der Waals surface area contributed by atoms with Crippen molar-refractivity contribution in [3.8, 4) is 0 Å². The number of hydrogen-bond donors (Lipinski definition) is 1. The fourth-order valence-electron chi connectivity index (χ4n) is 4.06. The van der Waals surface area contributed by atoms with Crippen molar-refractivity contribution in [3.63, 3.8) is 0 Å². The highest BCUT2D eigenvalue weighted by molar-refractivity contribution is 5.80. The number of aliphatic hydroxyl groups excluding tert-OH is 1. The Morgan fingerprint density at radius 3 is 2.75 bits per heavy atom. The second-order valence-electron chi connectivity index (χ2n) is 7.86. The summed E-state index contributed by atoms with van der Waals surface area (Å²) in [6.07, 6.45) is 9.02. The van der Waals surface area contributed by atoms with E-state index < -0.39 is 0 Å². The first-order valence-corrected chi connectivity index (χ1v) is 9.70. The van der Waals surface area contributed by atoms with Crippen molar-refractivity contribution < 1.29 is 9.90 Å². The summed E-state index contributed by atoms with van der Waals surface area (Å²) in [6, 6.07) is 0.861. The molecule has 1 saturated heterocycles. The third-order valence-corrected chi connectivity index (χ3v) is 5.46. The molecule has 0 radical (unpaired) electrons. The largest absolute Gasteiger partial charge is 0.392 e. The lowest BCUT2D eigenvalue weighted by molar-refractivity contribution is -0.132. The van der Waals surface area contributed by atoms with Crippen molar-refractivity contribution in [1.29, 1.82) is 0 Å². The van der Waals surface area contributed by atoms with Gasteiger partial charge in [0.15, 0.2) is 0 Å². The molecule has 0 aromatic carbocycles. The van der Waals surface area contributed by atoms with Gasteiger partial charge >= 0.3 is 0 Å². The van der Waals surface area contributed by atoms with Gasteiger partial charge < -0.3 is 10.0 Å². The Labute approximate surface area is 146 Å². The van der Waals surface area contributed by atoms with Crippen molar-refractivity contribution in [2.24, 2.45) is 0 Å². The molecule has 2 aliphatic carbocycles. The second-order valence-corrected chi connectivity index (χ2v) is 7.86. The number of carbonyl (C=O) groups is 1. The molecule has 5 heteroatoms. The monoisotopic (exact) mass is 335 g/mol. The van der Waals surface area contributed by atoms with E-state index in [-0.39, 0.29) is 6.10 Å². The summed E-state index contributed by atoms with van der Waals surface area (Å²) in [5.41, 5.74) is 1.29. The highest BCUT2D eigenvalue weighted by atomic mass is 16.3. The van der Waals surface area contributed by atoms with E-state index in [1.165, 1.54) is 31.4 Å². The van der Waals surface area contributed by atoms with Gasteiger partial charge in [-0.2, -0.15) is 0 Å². The highest BCUT2D eigenvalue weighted by Gasteiger charge is 2.36. The van der Waals surface area contributed by atoms with Gasteiger partial charge in [0.2, 0.25) is 5.91 Å². The van der Waals surface area contributed by atoms with E-state index in [1.807, 2.05) is 6.92 Å². The van der Waals surface area contributed by atoms with Crippen LogP contribution in [0.15, 0.2) is 11.8 Å². The van der Waals surface area contributed by atoms with Crippen LogP contribution in [0.3, 0.4) is 0 Å². The Balaban J connectivity index is 1.55. The Bertz CT molecular complexity index is 473. The van der Waals surface area contributed by atoms with Crippen LogP contribution in [0.4, 0.5) is 0 Å². The molecule has 1 aliphatic heterocycles. The Morgan fingerprint density at radius 1 is 1.38 bits per heavy atom. The summed E-state index contributed by atoms with van der Waals surface area (Å²) in [5, 5.41) is 9.60. The fraction of sp³-hybridized carbons (Fsp3) is 0.842. The summed E-state index contributed by atoms with van der Waals surface area (Å²) >= 11 is 0. The van der Waals surface area contributed by atoms with Gasteiger partial charge in [-0.25, -0.2) is 0 Å². The maximum absolute atomic E-state index is 12.9. The lowest BCUT2D eigenvalue weighted by Crippen LogP contribution is -2.55. The molecule has 0 aromatic rings. The quantitative estimate of drug-likeness (QED) is 0.804. The molecule has 3 rings (SSSR count). The molecule has 1 N–H and O–H groups in total. The second kappa shape index (κ2) is 7.98. The number of nitrogens with zero attached hydrogens (tertiary/aromatic N) is 3. The van der Waals surface area contributed by atoms with Crippen LogP contribution in [-0.4, -0.2) is 76.6 Å². The number of amides is 1. The van der Waals surface area contributed by atoms with Crippen LogP contribution in [-0.2, 0) is 4.79 Å². The predicted molar refractivity (Wildman–Crippen MR) is 95.6 cm³/mol. The number of allylic oxidation sites excluding steroid dienone is 2. The number of carbonyl (C=O) groups excluding carboxylic acids is 1. The minimum atomic E-state index is -0.288. The molecule has 0 bridgehead atoms. The van der Waals surface area contributed by atoms with E-state index in [1.54, 1.807) is 0 Å². The van der Waals surface area contributed by atoms with Gasteiger partial charge in [0, 0.05) is 44.0 Å². The van der Waals surface area contributed by atoms with E-state index in [0.717, 1.165) is 39.0 Å². The van der Waals surface area contributed by atoms with Crippen LogP contribution in [0.1, 0.15) is 52.4 Å². The smallest absolute Gasteiger partial charge is 0.241 e. The van der Waals surface area contributed by atoms with Crippen molar-refractivity contribution in [2.75, 3.05) is 32.7 Å². The number of aliphatic hydroxyl groups is 1. The van der Waals surface area contributed by atoms with Crippen LogP contribution in [0.2, 0.25) is 0 Å². The van der Waals surface area contributed by atoms with Gasteiger partial charge in [-0.3, -0.25) is 14.6 Å². The van der Waals surface area contributed by atoms with Gasteiger partial charge in [0.05, 0.1) is 12.6 Å². The lowest BCUT2D eigenvalue weighted by Gasteiger charge is -2.41. The number of β-amino-alcohol motifs (C(OH)–C–C–N with tert-alkyl or cyclic N) is 1. The van der Waals surface area contributed by atoms with Gasteiger partial charge in [0.1, 0.15) is 0 Å². The van der Waals surface area contributed by atoms with Crippen molar-refractivity contribution >= 4 is 5.91 Å². The third-order valence-electron chi connectivity index (χ3n) is 5.46. The topological polar surface area (TPSA) is 47.0 Å². The zero-order valence-electron chi connectivity index (χ0n) is 15.3. The average molecular weight is 335 g/mol. The Hall–Kier alpha value is -0.910. The first-order valence-electron chi connectivity index (χ1n) is 9.70. The van der Waals surface area contributed by atoms with Crippen LogP contribution >= 0.6 is 0 Å². The highest BCUT2D eigenvalue weighted by Crippen LogP contribution is 2.33. The predicted octanol–water partition coefficient (Wildman–Crippen LogP) is 1.82. The summed E-state index contributed by atoms with van der Waals surface area (Å²) < 4.78 is 0. The van der Waals surface area contributed by atoms with E-state index in [0.29, 0.717) is 24.5 Å². The van der Waals surface area contributed by atoms with Crippen LogP contribution in [0, 0.1) is 0 Å². The summed E-state index contributed by atoms with van der Waals surface area (Å²) in [7, 11) is 0. The summed E-state index contributed by atoms with van der Waals surface area (Å²) in [4.78, 5) is 19.7. The Kier molecular flexibility index (Phi) is 5.95. The van der Waals surface area contributed by atoms with Crippen molar-refractivity contribution in [1.82, 2.24) is 14.7 Å². The molecule has 0 spiro atoms. The van der Waals surface area contributed by atoms with Crippen LogP contribution < -0.4 is 0 Å². The maximum atomic E-state index is 12.9. The van der Waals surface area contributed by atoms with Gasteiger partial charge in [-0.05, 0) is 52.4 Å². The molecule has 1 amide bonds. The molecule has 0 aromatic heterocycles. The maximum Gasteiger partial charge on any atom is 0.241 e. The molecule has 5 nitrogen and oxygen atoms in total. The summed E-state index contributed by atoms with van der Waals surface area (Å²) in [6.45, 7) is 8.07. The zero-order chi connectivity index (χ0) is 17.1. The van der Waals surface area contributed by atoms with Crippen LogP contribution in [0.5, 0.6) is 0 Å². The molecule has 136 valence electrons. The Morgan fingerprint density at radius 2 is 2.17 bits per heavy atom. The first kappa shape index (κ1) is 17.9. The SMILES string of the molecule is CC(O)CN1CCN(CC(=O)N(C2=CCCCC2)C2CC2)CC1C. The number of rotatable bonds is 6. The zero-order valence-corrected chi connectivity index (χ0v) is 15.3. The number of piperazine rings is 1. The van der Waals surface area contributed by atoms with Crippen molar-refractivity contribution in [3.05, 3.63) is 11.8 Å².